The summed E-state index contributed by atoms with van der Waals surface area (Å²) in [5, 5.41) is 6.60. The van der Waals surface area contributed by atoms with Crippen LogP contribution in [0.25, 0.3) is 0 Å². The third-order valence-corrected chi connectivity index (χ3v) is 5.44. The van der Waals surface area contributed by atoms with Gasteiger partial charge in [-0.25, -0.2) is 0 Å². The summed E-state index contributed by atoms with van der Waals surface area (Å²) in [7, 11) is 0. The topological polar surface area (TPSA) is 41.1 Å². The molecule has 0 radical (unpaired) electrons. The average Bonchev–Trinajstić information content (AvgIpc) is 2.61. The molecule has 4 heteroatoms. The van der Waals surface area contributed by atoms with Crippen molar-refractivity contribution in [2.75, 3.05) is 13.1 Å². The Kier molecular flexibility index (Phi) is 4.39. The molecule has 1 amide bonds. The van der Waals surface area contributed by atoms with Crippen molar-refractivity contribution in [1.29, 1.82) is 0 Å². The van der Waals surface area contributed by atoms with Crippen LogP contribution in [0, 0.1) is 22.7 Å². The zero-order valence-electron chi connectivity index (χ0n) is 12.2. The van der Waals surface area contributed by atoms with E-state index in [4.69, 9.17) is 0 Å². The highest BCUT2D eigenvalue weighted by molar-refractivity contribution is 5.85. The van der Waals surface area contributed by atoms with Crippen LogP contribution in [-0.2, 0) is 4.79 Å². The maximum atomic E-state index is 12.3. The van der Waals surface area contributed by atoms with Crippen LogP contribution in [-0.4, -0.2) is 25.0 Å². The second-order valence-electron chi connectivity index (χ2n) is 6.96. The van der Waals surface area contributed by atoms with Crippen LogP contribution in [0.1, 0.15) is 41.0 Å². The Morgan fingerprint density at radius 1 is 1.22 bits per heavy atom. The molecule has 3 nitrogen and oxygen atoms in total. The number of halogens is 1. The lowest BCUT2D eigenvalue weighted by molar-refractivity contribution is -0.124. The van der Waals surface area contributed by atoms with Gasteiger partial charge < -0.3 is 10.6 Å². The van der Waals surface area contributed by atoms with E-state index < -0.39 is 0 Å². The van der Waals surface area contributed by atoms with Crippen molar-refractivity contribution < 1.29 is 4.79 Å². The molecular weight excluding hydrogens is 248 g/mol. The van der Waals surface area contributed by atoms with Crippen molar-refractivity contribution in [2.24, 2.45) is 22.7 Å². The predicted molar refractivity (Wildman–Crippen MR) is 76.9 cm³/mol. The fourth-order valence-corrected chi connectivity index (χ4v) is 3.30. The van der Waals surface area contributed by atoms with Crippen LogP contribution < -0.4 is 10.6 Å². The van der Waals surface area contributed by atoms with Gasteiger partial charge in [-0.1, -0.05) is 34.6 Å². The van der Waals surface area contributed by atoms with Crippen LogP contribution in [0.2, 0.25) is 0 Å². The quantitative estimate of drug-likeness (QED) is 0.811. The third-order valence-electron chi connectivity index (χ3n) is 5.44. The Bertz CT molecular complexity index is 314. The summed E-state index contributed by atoms with van der Waals surface area (Å²) in [5.41, 5.74) is 0.283. The first-order chi connectivity index (χ1) is 7.78. The van der Waals surface area contributed by atoms with Gasteiger partial charge in [0.15, 0.2) is 0 Å². The summed E-state index contributed by atoms with van der Waals surface area (Å²) in [6.07, 6.45) is 1.16. The molecule has 2 unspecified atom stereocenters. The third kappa shape index (κ3) is 2.39. The number of rotatable bonds is 2. The lowest BCUT2D eigenvalue weighted by atomic mass is 9.94. The van der Waals surface area contributed by atoms with Crippen molar-refractivity contribution in [1.82, 2.24) is 10.6 Å². The molecule has 1 saturated carbocycles. The SMILES string of the molecule is CC1CCNCC1NC(=O)C1C(C)(C)C1(C)C.Cl. The molecule has 2 N–H and O–H groups in total. The summed E-state index contributed by atoms with van der Waals surface area (Å²) in [5.74, 6) is 1.01. The highest BCUT2D eigenvalue weighted by Crippen LogP contribution is 2.68. The molecule has 2 fully saturated rings. The van der Waals surface area contributed by atoms with Crippen LogP contribution in [0.4, 0.5) is 0 Å². The van der Waals surface area contributed by atoms with Gasteiger partial charge in [0.2, 0.25) is 5.91 Å². The van der Waals surface area contributed by atoms with Gasteiger partial charge in [-0.05, 0) is 29.7 Å². The molecule has 1 heterocycles. The van der Waals surface area contributed by atoms with E-state index in [0.717, 1.165) is 19.5 Å². The Balaban J connectivity index is 0.00000162. The molecule has 1 aliphatic carbocycles. The maximum Gasteiger partial charge on any atom is 0.224 e. The lowest BCUT2D eigenvalue weighted by Gasteiger charge is -2.30. The van der Waals surface area contributed by atoms with Gasteiger partial charge in [0, 0.05) is 18.5 Å². The minimum atomic E-state index is 0. The van der Waals surface area contributed by atoms with Crippen LogP contribution >= 0.6 is 12.4 Å². The first-order valence-electron chi connectivity index (χ1n) is 6.79. The summed E-state index contributed by atoms with van der Waals surface area (Å²) in [6, 6.07) is 0.309. The number of hydrogen-bond acceptors (Lipinski definition) is 2. The highest BCUT2D eigenvalue weighted by Gasteiger charge is 2.68. The fraction of sp³-hybridized carbons (Fsp3) is 0.929. The first kappa shape index (κ1) is 15.8. The molecule has 2 atom stereocenters. The van der Waals surface area contributed by atoms with Crippen LogP contribution in [0.5, 0.6) is 0 Å². The van der Waals surface area contributed by atoms with Gasteiger partial charge in [0.05, 0.1) is 0 Å². The monoisotopic (exact) mass is 274 g/mol. The van der Waals surface area contributed by atoms with Crippen LogP contribution in [0.15, 0.2) is 0 Å². The second-order valence-corrected chi connectivity index (χ2v) is 6.96. The molecule has 0 bridgehead atoms. The Morgan fingerprint density at radius 3 is 2.22 bits per heavy atom. The highest BCUT2D eigenvalue weighted by atomic mass is 35.5. The smallest absolute Gasteiger partial charge is 0.224 e. The van der Waals surface area contributed by atoms with Crippen molar-refractivity contribution >= 4 is 18.3 Å². The zero-order valence-corrected chi connectivity index (χ0v) is 13.0. The molecule has 2 rings (SSSR count). The normalized spacial score (nSPS) is 33.4. The van der Waals surface area contributed by atoms with Crippen LogP contribution in [0.3, 0.4) is 0 Å². The summed E-state index contributed by atoms with van der Waals surface area (Å²) >= 11 is 0. The van der Waals surface area contributed by atoms with Crippen molar-refractivity contribution in [2.45, 2.75) is 47.1 Å². The summed E-state index contributed by atoms with van der Waals surface area (Å²) in [6.45, 7) is 13.0. The molecule has 1 aliphatic heterocycles. The number of nitrogens with one attached hydrogen (secondary N) is 2. The van der Waals surface area contributed by atoms with Gasteiger partial charge in [0.25, 0.3) is 0 Å². The molecule has 0 spiro atoms. The molecule has 2 aliphatic rings. The van der Waals surface area contributed by atoms with Crippen molar-refractivity contribution in [3.05, 3.63) is 0 Å². The molecule has 0 aromatic carbocycles. The number of amides is 1. The second kappa shape index (κ2) is 5.01. The van der Waals surface area contributed by atoms with Crippen molar-refractivity contribution in [3.63, 3.8) is 0 Å². The standard InChI is InChI=1S/C14H26N2O.ClH/c1-9-6-7-15-8-10(9)16-12(17)11-13(2,3)14(11,4)5;/h9-11,15H,6-8H2,1-5H3,(H,16,17);1H. The van der Waals surface area contributed by atoms with E-state index in [9.17, 15) is 4.79 Å². The Morgan fingerprint density at radius 2 is 1.78 bits per heavy atom. The molecule has 0 aromatic rings. The number of carbonyl (C=O) groups is 1. The van der Waals surface area contributed by atoms with Gasteiger partial charge in [-0.15, -0.1) is 12.4 Å². The van der Waals surface area contributed by atoms with E-state index >= 15 is 0 Å². The van der Waals surface area contributed by atoms with Crippen molar-refractivity contribution in [3.8, 4) is 0 Å². The molecular formula is C14H27ClN2O. The van der Waals surface area contributed by atoms with E-state index in [1.165, 1.54) is 0 Å². The van der Waals surface area contributed by atoms with Gasteiger partial charge in [-0.2, -0.15) is 0 Å². The molecule has 0 aromatic heterocycles. The van der Waals surface area contributed by atoms with E-state index in [0.29, 0.717) is 12.0 Å². The summed E-state index contributed by atoms with van der Waals surface area (Å²) < 4.78 is 0. The Labute approximate surface area is 117 Å². The number of carbonyl (C=O) groups excluding carboxylic acids is 1. The fourth-order valence-electron chi connectivity index (χ4n) is 3.30. The minimum Gasteiger partial charge on any atom is -0.352 e. The zero-order chi connectivity index (χ0) is 12.8. The van der Waals surface area contributed by atoms with E-state index in [1.54, 1.807) is 0 Å². The molecule has 1 saturated heterocycles. The first-order valence-corrected chi connectivity index (χ1v) is 6.79. The maximum absolute atomic E-state index is 12.3. The minimum absolute atomic E-state index is 0. The number of piperidine rings is 1. The van der Waals surface area contributed by atoms with Gasteiger partial charge >= 0.3 is 0 Å². The molecule has 106 valence electrons. The van der Waals surface area contributed by atoms with E-state index in [1.807, 2.05) is 0 Å². The summed E-state index contributed by atoms with van der Waals surface area (Å²) in [4.78, 5) is 12.3. The van der Waals surface area contributed by atoms with E-state index in [2.05, 4.69) is 45.3 Å². The average molecular weight is 275 g/mol. The Hall–Kier alpha value is -0.280. The lowest BCUT2D eigenvalue weighted by Crippen LogP contribution is -2.51. The molecule has 18 heavy (non-hydrogen) atoms. The largest absolute Gasteiger partial charge is 0.352 e. The van der Waals surface area contributed by atoms with Gasteiger partial charge in [0.1, 0.15) is 0 Å². The van der Waals surface area contributed by atoms with E-state index in [-0.39, 0.29) is 35.1 Å². The van der Waals surface area contributed by atoms with Gasteiger partial charge in [-0.3, -0.25) is 4.79 Å². The number of hydrogen-bond donors (Lipinski definition) is 2. The predicted octanol–water partition coefficient (Wildman–Crippen LogP) is 2.20.